The van der Waals surface area contributed by atoms with Gasteiger partial charge in [-0.3, -0.25) is 9.59 Å². The lowest BCUT2D eigenvalue weighted by Gasteiger charge is -2.13. The van der Waals surface area contributed by atoms with Gasteiger partial charge in [0.05, 0.1) is 17.1 Å². The molecule has 0 radical (unpaired) electrons. The summed E-state index contributed by atoms with van der Waals surface area (Å²) in [5, 5.41) is 15.6. The molecule has 1 aromatic heterocycles. The van der Waals surface area contributed by atoms with Crippen molar-refractivity contribution in [3.05, 3.63) is 108 Å². The van der Waals surface area contributed by atoms with Gasteiger partial charge >= 0.3 is 0 Å². The summed E-state index contributed by atoms with van der Waals surface area (Å²) in [6, 6.07) is 25.6. The fourth-order valence-corrected chi connectivity index (χ4v) is 4.23. The molecule has 0 bridgehead atoms. The van der Waals surface area contributed by atoms with Crippen LogP contribution in [0, 0.1) is 6.92 Å². The Hall–Kier alpha value is -5.05. The van der Waals surface area contributed by atoms with Gasteiger partial charge in [0.25, 0.3) is 11.8 Å². The summed E-state index contributed by atoms with van der Waals surface area (Å²) in [7, 11) is 0. The van der Waals surface area contributed by atoms with Crippen LogP contribution in [0.25, 0.3) is 0 Å². The molecule has 1 aliphatic rings. The van der Waals surface area contributed by atoms with Gasteiger partial charge in [0, 0.05) is 23.2 Å². The number of fused-ring (bicyclic) bond motifs is 1. The third-order valence-electron chi connectivity index (χ3n) is 6.12. The minimum Gasteiger partial charge on any atom is -0.484 e. The molecule has 3 aromatic carbocycles. The highest BCUT2D eigenvalue weighted by molar-refractivity contribution is 6.09. The second-order valence-electron chi connectivity index (χ2n) is 8.94. The average Bonchev–Trinajstić information content (AvgIpc) is 3.32. The number of hydrogen-bond donors (Lipinski definition) is 2. The smallest absolute Gasteiger partial charge is 0.291 e. The number of anilines is 1. The number of carbonyl (C=O) groups is 2. The van der Waals surface area contributed by atoms with E-state index in [2.05, 4.69) is 26.1 Å². The lowest BCUT2D eigenvalue weighted by Crippen LogP contribution is -2.27. The van der Waals surface area contributed by atoms with Crippen molar-refractivity contribution in [3.63, 3.8) is 0 Å². The predicted molar refractivity (Wildman–Crippen MR) is 148 cm³/mol. The molecule has 4 aromatic rings. The monoisotopic (exact) mass is 521 g/mol. The predicted octanol–water partition coefficient (Wildman–Crippen LogP) is 6.49. The first-order valence-electron chi connectivity index (χ1n) is 12.6. The standard InChI is InChI=1S/C30H27N5O4/c1-20-28-25(34-35-27(36)19-38-24-11-6-3-7-12-24)13-8-14-26(28)39-29(20)30(37)31-21-15-17-23(18-16-21)33-32-22-9-4-2-5-10-22/h2-7,9-12,15-18H,8,13-14,19H2,1H3,(H,31,37)(H,35,36). The van der Waals surface area contributed by atoms with E-state index in [1.165, 1.54) is 0 Å². The van der Waals surface area contributed by atoms with E-state index in [9.17, 15) is 9.59 Å². The van der Waals surface area contributed by atoms with E-state index in [0.717, 1.165) is 17.7 Å². The topological polar surface area (TPSA) is 118 Å². The second-order valence-corrected chi connectivity index (χ2v) is 8.94. The van der Waals surface area contributed by atoms with Crippen LogP contribution in [-0.2, 0) is 11.2 Å². The number of nitrogens with zero attached hydrogens (tertiary/aromatic N) is 3. The van der Waals surface area contributed by atoms with Gasteiger partial charge in [-0.15, -0.1) is 0 Å². The molecule has 1 aliphatic carbocycles. The molecule has 196 valence electrons. The highest BCUT2D eigenvalue weighted by Crippen LogP contribution is 2.30. The van der Waals surface area contributed by atoms with Gasteiger partial charge in [0.15, 0.2) is 12.4 Å². The Kier molecular flexibility index (Phi) is 7.87. The van der Waals surface area contributed by atoms with Gasteiger partial charge in [0.2, 0.25) is 0 Å². The van der Waals surface area contributed by atoms with Gasteiger partial charge in [-0.05, 0) is 68.3 Å². The van der Waals surface area contributed by atoms with Gasteiger partial charge < -0.3 is 14.5 Å². The van der Waals surface area contributed by atoms with Crippen LogP contribution in [-0.4, -0.2) is 24.1 Å². The largest absolute Gasteiger partial charge is 0.484 e. The molecule has 2 N–H and O–H groups in total. The lowest BCUT2D eigenvalue weighted by molar-refractivity contribution is -0.123. The molecule has 39 heavy (non-hydrogen) atoms. The van der Waals surface area contributed by atoms with Crippen molar-refractivity contribution in [3.8, 4) is 5.75 Å². The first-order valence-corrected chi connectivity index (χ1v) is 12.6. The molecule has 0 unspecified atom stereocenters. The molecular weight excluding hydrogens is 494 g/mol. The number of hydrogen-bond acceptors (Lipinski definition) is 7. The molecular formula is C30H27N5O4. The number of carbonyl (C=O) groups excluding carboxylic acids is 2. The van der Waals surface area contributed by atoms with Gasteiger partial charge in [-0.1, -0.05) is 36.4 Å². The number of para-hydroxylation sites is 1. The zero-order valence-corrected chi connectivity index (χ0v) is 21.4. The van der Waals surface area contributed by atoms with Crippen molar-refractivity contribution in [2.45, 2.75) is 26.2 Å². The number of benzene rings is 3. The normalized spacial score (nSPS) is 13.7. The summed E-state index contributed by atoms with van der Waals surface area (Å²) in [5.41, 5.74) is 6.72. The minimum atomic E-state index is -0.371. The van der Waals surface area contributed by atoms with Crippen LogP contribution >= 0.6 is 0 Å². The SMILES string of the molecule is Cc1c(C(=O)Nc2ccc(N=Nc3ccccc3)cc2)oc2c1C(=NNC(=O)COc1ccccc1)CCC2. The van der Waals surface area contributed by atoms with E-state index in [1.54, 1.807) is 36.4 Å². The molecule has 0 saturated heterocycles. The fourth-order valence-electron chi connectivity index (χ4n) is 4.23. The minimum absolute atomic E-state index is 0.155. The molecule has 2 amide bonds. The van der Waals surface area contributed by atoms with E-state index >= 15 is 0 Å². The summed E-state index contributed by atoms with van der Waals surface area (Å²) < 4.78 is 11.4. The first kappa shape index (κ1) is 25.6. The van der Waals surface area contributed by atoms with Crippen molar-refractivity contribution >= 4 is 34.6 Å². The van der Waals surface area contributed by atoms with Crippen LogP contribution in [0.15, 0.2) is 105 Å². The number of amides is 2. The van der Waals surface area contributed by atoms with Crippen LogP contribution in [0.4, 0.5) is 17.1 Å². The number of aryl methyl sites for hydroxylation is 1. The Bertz CT molecular complexity index is 1510. The molecule has 9 heteroatoms. The Labute approximate surface area is 225 Å². The third kappa shape index (κ3) is 6.45. The quantitative estimate of drug-likeness (QED) is 0.203. The van der Waals surface area contributed by atoms with Crippen LogP contribution < -0.4 is 15.5 Å². The number of hydrazone groups is 1. The van der Waals surface area contributed by atoms with E-state index in [4.69, 9.17) is 9.15 Å². The molecule has 0 fully saturated rings. The number of rotatable bonds is 8. The third-order valence-corrected chi connectivity index (χ3v) is 6.12. The molecule has 0 aliphatic heterocycles. The summed E-state index contributed by atoms with van der Waals surface area (Å²) in [6.07, 6.45) is 2.15. The van der Waals surface area contributed by atoms with Crippen LogP contribution in [0.3, 0.4) is 0 Å². The summed E-state index contributed by atoms with van der Waals surface area (Å²) in [6.45, 7) is 1.67. The van der Waals surface area contributed by atoms with Crippen LogP contribution in [0.2, 0.25) is 0 Å². The number of azo groups is 1. The summed E-state index contributed by atoms with van der Waals surface area (Å²) in [5.74, 6) is 0.785. The Morgan fingerprint density at radius 3 is 2.26 bits per heavy atom. The van der Waals surface area contributed by atoms with Gasteiger partial charge in [0.1, 0.15) is 11.5 Å². The van der Waals surface area contributed by atoms with Crippen molar-refractivity contribution < 1.29 is 18.7 Å². The molecule has 5 rings (SSSR count). The zero-order valence-electron chi connectivity index (χ0n) is 21.4. The molecule has 1 heterocycles. The van der Waals surface area contributed by atoms with Crippen LogP contribution in [0.5, 0.6) is 5.75 Å². The molecule has 0 atom stereocenters. The highest BCUT2D eigenvalue weighted by Gasteiger charge is 2.28. The van der Waals surface area contributed by atoms with E-state index < -0.39 is 0 Å². The zero-order chi connectivity index (χ0) is 27.0. The summed E-state index contributed by atoms with van der Waals surface area (Å²) in [4.78, 5) is 25.3. The maximum absolute atomic E-state index is 13.1. The summed E-state index contributed by atoms with van der Waals surface area (Å²) >= 11 is 0. The Morgan fingerprint density at radius 1 is 0.872 bits per heavy atom. The molecule has 0 saturated carbocycles. The van der Waals surface area contributed by atoms with Crippen molar-refractivity contribution in [1.82, 2.24) is 5.43 Å². The maximum Gasteiger partial charge on any atom is 0.291 e. The first-order chi connectivity index (χ1) is 19.1. The van der Waals surface area contributed by atoms with Crippen molar-refractivity contribution in [1.29, 1.82) is 0 Å². The molecule has 0 spiro atoms. The maximum atomic E-state index is 13.1. The van der Waals surface area contributed by atoms with Gasteiger partial charge in [-0.25, -0.2) is 5.43 Å². The number of furan rings is 1. The van der Waals surface area contributed by atoms with Gasteiger partial charge in [-0.2, -0.15) is 15.3 Å². The van der Waals surface area contributed by atoms with Crippen molar-refractivity contribution in [2.75, 3.05) is 11.9 Å². The lowest BCUT2D eigenvalue weighted by atomic mass is 9.93. The Balaban J connectivity index is 1.23. The number of nitrogens with one attached hydrogen (secondary N) is 2. The van der Waals surface area contributed by atoms with E-state index in [-0.39, 0.29) is 24.2 Å². The van der Waals surface area contributed by atoms with Crippen LogP contribution in [0.1, 0.15) is 40.3 Å². The van der Waals surface area contributed by atoms with Crippen molar-refractivity contribution in [2.24, 2.45) is 15.3 Å². The molecule has 9 nitrogen and oxygen atoms in total. The Morgan fingerprint density at radius 2 is 1.54 bits per heavy atom. The average molecular weight is 522 g/mol. The number of ether oxygens (including phenoxy) is 1. The second kappa shape index (κ2) is 12.0. The highest BCUT2D eigenvalue weighted by atomic mass is 16.5. The van der Waals surface area contributed by atoms with E-state index in [1.807, 2.05) is 55.5 Å². The van der Waals surface area contributed by atoms with E-state index in [0.29, 0.717) is 47.0 Å². The fraction of sp³-hybridized carbons (Fsp3) is 0.167.